The number of fused-ring (bicyclic) bond motifs is 1. The highest BCUT2D eigenvalue weighted by atomic mass is 32.1. The SMILES string of the molecule is COc1cc2ccccc2cc1C(=O)Nc1nc(C(C)=O)cs1. The molecule has 23 heavy (non-hydrogen) atoms. The molecule has 0 aliphatic carbocycles. The fourth-order valence-corrected chi connectivity index (χ4v) is 2.97. The Hall–Kier alpha value is -2.73. The molecule has 0 bridgehead atoms. The number of nitrogens with one attached hydrogen (secondary N) is 1. The summed E-state index contributed by atoms with van der Waals surface area (Å²) < 4.78 is 5.32. The molecular weight excluding hydrogens is 312 g/mol. The topological polar surface area (TPSA) is 68.3 Å². The van der Waals surface area contributed by atoms with E-state index < -0.39 is 0 Å². The summed E-state index contributed by atoms with van der Waals surface area (Å²) in [7, 11) is 1.53. The molecule has 3 aromatic rings. The van der Waals surface area contributed by atoms with E-state index in [4.69, 9.17) is 4.74 Å². The maximum Gasteiger partial charge on any atom is 0.261 e. The number of amides is 1. The third-order valence-corrected chi connectivity index (χ3v) is 4.16. The number of Topliss-reactive ketones (excluding diaryl/α,β-unsaturated/α-hetero) is 1. The van der Waals surface area contributed by atoms with Gasteiger partial charge < -0.3 is 4.74 Å². The number of carbonyl (C=O) groups excluding carboxylic acids is 2. The second-order valence-electron chi connectivity index (χ2n) is 4.95. The number of hydrogen-bond donors (Lipinski definition) is 1. The van der Waals surface area contributed by atoms with Crippen molar-refractivity contribution in [3.05, 3.63) is 53.0 Å². The second-order valence-corrected chi connectivity index (χ2v) is 5.81. The summed E-state index contributed by atoms with van der Waals surface area (Å²) in [6, 6.07) is 11.3. The summed E-state index contributed by atoms with van der Waals surface area (Å²) in [4.78, 5) is 27.9. The molecule has 5 nitrogen and oxygen atoms in total. The van der Waals surface area contributed by atoms with E-state index in [2.05, 4.69) is 10.3 Å². The monoisotopic (exact) mass is 326 g/mol. The van der Waals surface area contributed by atoms with Crippen molar-refractivity contribution in [3.63, 3.8) is 0 Å². The fourth-order valence-electron chi connectivity index (χ4n) is 2.22. The number of anilines is 1. The minimum atomic E-state index is -0.322. The lowest BCUT2D eigenvalue weighted by Crippen LogP contribution is -2.13. The van der Waals surface area contributed by atoms with Crippen LogP contribution in [0.15, 0.2) is 41.8 Å². The average molecular weight is 326 g/mol. The van der Waals surface area contributed by atoms with Gasteiger partial charge in [-0.25, -0.2) is 4.98 Å². The van der Waals surface area contributed by atoms with E-state index in [1.54, 1.807) is 11.4 Å². The first-order chi connectivity index (χ1) is 11.1. The summed E-state index contributed by atoms with van der Waals surface area (Å²) in [5.41, 5.74) is 0.765. The van der Waals surface area contributed by atoms with Gasteiger partial charge in [0.15, 0.2) is 10.9 Å². The van der Waals surface area contributed by atoms with Crippen LogP contribution in [0.3, 0.4) is 0 Å². The number of rotatable bonds is 4. The van der Waals surface area contributed by atoms with E-state index in [1.165, 1.54) is 25.4 Å². The molecule has 1 amide bonds. The van der Waals surface area contributed by atoms with Crippen molar-refractivity contribution in [3.8, 4) is 5.75 Å². The molecule has 0 aliphatic rings. The Morgan fingerprint density at radius 2 is 1.87 bits per heavy atom. The molecule has 1 aromatic heterocycles. The average Bonchev–Trinajstić information content (AvgIpc) is 3.02. The maximum absolute atomic E-state index is 12.5. The molecule has 116 valence electrons. The van der Waals surface area contributed by atoms with Crippen molar-refractivity contribution in [2.24, 2.45) is 0 Å². The Morgan fingerprint density at radius 1 is 1.17 bits per heavy atom. The van der Waals surface area contributed by atoms with Gasteiger partial charge >= 0.3 is 0 Å². The molecule has 0 aliphatic heterocycles. The van der Waals surface area contributed by atoms with Gasteiger partial charge in [0.2, 0.25) is 0 Å². The molecule has 0 spiro atoms. The summed E-state index contributed by atoms with van der Waals surface area (Å²) >= 11 is 1.21. The third-order valence-electron chi connectivity index (χ3n) is 3.40. The zero-order valence-corrected chi connectivity index (χ0v) is 13.4. The van der Waals surface area contributed by atoms with Gasteiger partial charge in [-0.15, -0.1) is 11.3 Å². The Labute approximate surface area is 136 Å². The number of ether oxygens (including phenoxy) is 1. The summed E-state index contributed by atoms with van der Waals surface area (Å²) in [5, 5.41) is 6.66. The number of carbonyl (C=O) groups is 2. The molecule has 0 fully saturated rings. The van der Waals surface area contributed by atoms with Crippen molar-refractivity contribution in [2.75, 3.05) is 12.4 Å². The van der Waals surface area contributed by atoms with Gasteiger partial charge in [0.1, 0.15) is 11.4 Å². The molecule has 1 N–H and O–H groups in total. The summed E-state index contributed by atoms with van der Waals surface area (Å²) in [6.45, 7) is 1.44. The Bertz CT molecular complexity index is 902. The molecule has 1 heterocycles. The first-order valence-electron chi connectivity index (χ1n) is 6.93. The number of ketones is 1. The van der Waals surface area contributed by atoms with Crippen molar-refractivity contribution < 1.29 is 14.3 Å². The molecule has 2 aromatic carbocycles. The number of aromatic nitrogens is 1. The molecule has 3 rings (SSSR count). The molecule has 0 atom stereocenters. The van der Waals surface area contributed by atoms with Crippen molar-refractivity contribution >= 4 is 38.9 Å². The van der Waals surface area contributed by atoms with E-state index in [0.29, 0.717) is 22.1 Å². The predicted molar refractivity (Wildman–Crippen MR) is 90.6 cm³/mol. The van der Waals surface area contributed by atoms with Crippen LogP contribution in [-0.4, -0.2) is 23.8 Å². The Balaban J connectivity index is 1.94. The highest BCUT2D eigenvalue weighted by Crippen LogP contribution is 2.27. The standard InChI is InChI=1S/C17H14N2O3S/c1-10(20)14-9-23-17(18-14)19-16(21)13-7-11-5-3-4-6-12(11)8-15(13)22-2/h3-9H,1-2H3,(H,18,19,21). The van der Waals surface area contributed by atoms with Crippen LogP contribution in [-0.2, 0) is 0 Å². The van der Waals surface area contributed by atoms with Crippen LogP contribution in [0.1, 0.15) is 27.8 Å². The quantitative estimate of drug-likeness (QED) is 0.741. The van der Waals surface area contributed by atoms with Crippen LogP contribution < -0.4 is 10.1 Å². The van der Waals surface area contributed by atoms with Crippen LogP contribution in [0.25, 0.3) is 10.8 Å². The van der Waals surface area contributed by atoms with Crippen molar-refractivity contribution in [1.82, 2.24) is 4.98 Å². The third kappa shape index (κ3) is 3.07. The number of methoxy groups -OCH3 is 1. The van der Waals surface area contributed by atoms with Crippen LogP contribution in [0.4, 0.5) is 5.13 Å². The fraction of sp³-hybridized carbons (Fsp3) is 0.118. The molecule has 6 heteroatoms. The van der Waals surface area contributed by atoms with Gasteiger partial charge in [-0.2, -0.15) is 0 Å². The first kappa shape index (κ1) is 15.2. The van der Waals surface area contributed by atoms with Crippen LogP contribution in [0.2, 0.25) is 0 Å². The van der Waals surface area contributed by atoms with Gasteiger partial charge in [-0.05, 0) is 22.9 Å². The van der Waals surface area contributed by atoms with Crippen LogP contribution in [0.5, 0.6) is 5.75 Å². The lowest BCUT2D eigenvalue weighted by atomic mass is 10.1. The largest absolute Gasteiger partial charge is 0.496 e. The molecule has 0 saturated heterocycles. The van der Waals surface area contributed by atoms with Gasteiger partial charge in [0, 0.05) is 12.3 Å². The van der Waals surface area contributed by atoms with E-state index in [0.717, 1.165) is 10.8 Å². The second kappa shape index (κ2) is 6.18. The predicted octanol–water partition coefficient (Wildman–Crippen LogP) is 3.76. The molecule has 0 radical (unpaired) electrons. The Kier molecular flexibility index (Phi) is 4.08. The minimum Gasteiger partial charge on any atom is -0.496 e. The molecule has 0 saturated carbocycles. The van der Waals surface area contributed by atoms with Gasteiger partial charge in [0.25, 0.3) is 5.91 Å². The van der Waals surface area contributed by atoms with Crippen molar-refractivity contribution in [1.29, 1.82) is 0 Å². The van der Waals surface area contributed by atoms with Crippen molar-refractivity contribution in [2.45, 2.75) is 6.92 Å². The zero-order valence-electron chi connectivity index (χ0n) is 12.6. The van der Waals surface area contributed by atoms with Gasteiger partial charge in [-0.1, -0.05) is 24.3 Å². The first-order valence-corrected chi connectivity index (χ1v) is 7.81. The van der Waals surface area contributed by atoms with Gasteiger partial charge in [-0.3, -0.25) is 14.9 Å². The smallest absolute Gasteiger partial charge is 0.261 e. The van der Waals surface area contributed by atoms with E-state index in [9.17, 15) is 9.59 Å². The van der Waals surface area contributed by atoms with E-state index in [1.807, 2.05) is 30.3 Å². The lowest BCUT2D eigenvalue weighted by Gasteiger charge is -2.10. The number of hydrogen-bond acceptors (Lipinski definition) is 5. The highest BCUT2D eigenvalue weighted by Gasteiger charge is 2.16. The lowest BCUT2D eigenvalue weighted by molar-refractivity contribution is 0.100. The van der Waals surface area contributed by atoms with E-state index >= 15 is 0 Å². The maximum atomic E-state index is 12.5. The normalized spacial score (nSPS) is 10.5. The minimum absolute atomic E-state index is 0.134. The number of benzene rings is 2. The Morgan fingerprint density at radius 3 is 2.48 bits per heavy atom. The number of thiazole rings is 1. The molecular formula is C17H14N2O3S. The summed E-state index contributed by atoms with van der Waals surface area (Å²) in [5.74, 6) is 0.0339. The summed E-state index contributed by atoms with van der Waals surface area (Å²) in [6.07, 6.45) is 0. The van der Waals surface area contributed by atoms with Crippen LogP contribution >= 0.6 is 11.3 Å². The molecule has 0 unspecified atom stereocenters. The van der Waals surface area contributed by atoms with E-state index in [-0.39, 0.29) is 11.7 Å². The van der Waals surface area contributed by atoms with Crippen LogP contribution in [0, 0.1) is 0 Å². The number of nitrogens with zero attached hydrogens (tertiary/aromatic N) is 1. The highest BCUT2D eigenvalue weighted by molar-refractivity contribution is 7.14. The van der Waals surface area contributed by atoms with Gasteiger partial charge in [0.05, 0.1) is 12.7 Å². The zero-order chi connectivity index (χ0) is 16.4.